The zero-order chi connectivity index (χ0) is 18.0. The third-order valence-electron chi connectivity index (χ3n) is 5.28. The van der Waals surface area contributed by atoms with Gasteiger partial charge in [-0.1, -0.05) is 60.7 Å². The summed E-state index contributed by atoms with van der Waals surface area (Å²) in [6.45, 7) is 4.25. The molecular formula is C22H26N3O+. The molecule has 0 aromatic heterocycles. The monoisotopic (exact) mass is 348 g/mol. The van der Waals surface area contributed by atoms with E-state index in [-0.39, 0.29) is 0 Å². The smallest absolute Gasteiger partial charge is 0.136 e. The van der Waals surface area contributed by atoms with Gasteiger partial charge in [-0.3, -0.25) is 0 Å². The van der Waals surface area contributed by atoms with Gasteiger partial charge in [0, 0.05) is 11.3 Å². The van der Waals surface area contributed by atoms with Crippen molar-refractivity contribution in [2.75, 3.05) is 33.2 Å². The maximum atomic E-state index is 11.6. The molecule has 3 N–H and O–H groups in total. The van der Waals surface area contributed by atoms with Gasteiger partial charge in [0.15, 0.2) is 0 Å². The highest BCUT2D eigenvalue weighted by Crippen LogP contribution is 2.42. The lowest BCUT2D eigenvalue weighted by Gasteiger charge is -2.31. The van der Waals surface area contributed by atoms with E-state index in [1.54, 1.807) is 4.90 Å². The lowest BCUT2D eigenvalue weighted by molar-refractivity contribution is -0.884. The van der Waals surface area contributed by atoms with Gasteiger partial charge in [-0.25, -0.2) is 5.01 Å². The third-order valence-corrected chi connectivity index (χ3v) is 5.28. The molecule has 0 unspecified atom stereocenters. The van der Waals surface area contributed by atoms with Crippen LogP contribution in [0.3, 0.4) is 0 Å². The first-order chi connectivity index (χ1) is 12.6. The first kappa shape index (κ1) is 17.0. The van der Waals surface area contributed by atoms with Crippen LogP contribution in [0.2, 0.25) is 0 Å². The van der Waals surface area contributed by atoms with E-state index in [1.807, 2.05) is 54.6 Å². The van der Waals surface area contributed by atoms with Crippen molar-refractivity contribution in [3.63, 3.8) is 0 Å². The number of hydrogen-bond donors (Lipinski definition) is 3. The van der Waals surface area contributed by atoms with E-state index in [0.717, 1.165) is 48.6 Å². The quantitative estimate of drug-likeness (QED) is 0.777. The summed E-state index contributed by atoms with van der Waals surface area (Å²) >= 11 is 0. The minimum absolute atomic E-state index is 0.884. The normalized spacial score (nSPS) is 24.2. The number of hydrogen-bond acceptors (Lipinski definition) is 3. The molecule has 134 valence electrons. The fraction of sp³-hybridized carbons (Fsp3) is 0.273. The van der Waals surface area contributed by atoms with Crippen LogP contribution < -0.4 is 10.3 Å². The predicted molar refractivity (Wildman–Crippen MR) is 104 cm³/mol. The van der Waals surface area contributed by atoms with Crippen molar-refractivity contribution in [2.45, 2.75) is 5.60 Å². The molecule has 0 spiro atoms. The third kappa shape index (κ3) is 3.31. The number of aliphatic hydroxyl groups is 1. The van der Waals surface area contributed by atoms with Crippen molar-refractivity contribution >= 4 is 5.57 Å². The van der Waals surface area contributed by atoms with Crippen molar-refractivity contribution < 1.29 is 10.0 Å². The summed E-state index contributed by atoms with van der Waals surface area (Å²) in [4.78, 5) is 1.56. The zero-order valence-electron chi connectivity index (χ0n) is 15.2. The van der Waals surface area contributed by atoms with E-state index < -0.39 is 5.60 Å². The standard InChI is InChI=1S/C22H25N3O/c1-24-12-14-25(15-13-24)23-20-16-21(18-8-4-2-5-9-18)22(26,17-20)19-10-6-3-7-11-19/h2-11,16-17,23,26H,12-15H2,1H3/p+1/t22-/m0/s1. The molecule has 2 aliphatic rings. The summed E-state index contributed by atoms with van der Waals surface area (Å²) in [5, 5.41) is 13.9. The van der Waals surface area contributed by atoms with Crippen LogP contribution in [0.5, 0.6) is 0 Å². The summed E-state index contributed by atoms with van der Waals surface area (Å²) < 4.78 is 0. The summed E-state index contributed by atoms with van der Waals surface area (Å²) in [6, 6.07) is 20.0. The molecule has 26 heavy (non-hydrogen) atoms. The second kappa shape index (κ2) is 7.08. The van der Waals surface area contributed by atoms with Gasteiger partial charge in [-0.05, 0) is 23.3 Å². The maximum Gasteiger partial charge on any atom is 0.136 e. The molecule has 2 aromatic rings. The topological polar surface area (TPSA) is 39.9 Å². The van der Waals surface area contributed by atoms with Gasteiger partial charge < -0.3 is 15.4 Å². The van der Waals surface area contributed by atoms with Crippen LogP contribution in [-0.2, 0) is 5.60 Å². The highest BCUT2D eigenvalue weighted by molar-refractivity contribution is 5.81. The van der Waals surface area contributed by atoms with Crippen LogP contribution in [0.25, 0.3) is 5.57 Å². The Morgan fingerprint density at radius 1 is 0.962 bits per heavy atom. The SMILES string of the molecule is C[NH+]1CCN(NC2=C[C@](O)(c3ccccc3)C(c3ccccc3)=C2)CC1. The predicted octanol–water partition coefficient (Wildman–Crippen LogP) is 1.19. The largest absolute Gasteiger partial charge is 0.377 e. The van der Waals surface area contributed by atoms with Gasteiger partial charge in [-0.15, -0.1) is 0 Å². The molecule has 0 radical (unpaired) electrons. The Morgan fingerprint density at radius 2 is 1.58 bits per heavy atom. The Labute approximate surface area is 155 Å². The number of piperazine rings is 1. The van der Waals surface area contributed by atoms with Crippen LogP contribution in [-0.4, -0.2) is 43.3 Å². The maximum absolute atomic E-state index is 11.6. The Bertz CT molecular complexity index is 808. The number of nitrogens with one attached hydrogen (secondary N) is 2. The number of hydrazine groups is 1. The Kier molecular flexibility index (Phi) is 4.64. The van der Waals surface area contributed by atoms with Crippen LogP contribution in [0, 0.1) is 0 Å². The minimum atomic E-state index is -1.12. The van der Waals surface area contributed by atoms with Gasteiger partial charge >= 0.3 is 0 Å². The van der Waals surface area contributed by atoms with Gasteiger partial charge in [0.05, 0.1) is 33.2 Å². The van der Waals surface area contributed by atoms with E-state index in [1.165, 1.54) is 0 Å². The van der Waals surface area contributed by atoms with Gasteiger partial charge in [0.1, 0.15) is 5.60 Å². The Balaban J connectivity index is 1.66. The second-order valence-electron chi connectivity index (χ2n) is 7.21. The molecule has 0 saturated carbocycles. The molecule has 1 heterocycles. The molecule has 2 aromatic carbocycles. The van der Waals surface area contributed by atoms with E-state index >= 15 is 0 Å². The molecule has 4 rings (SSSR count). The molecule has 4 heteroatoms. The fourth-order valence-corrected chi connectivity index (χ4v) is 3.71. The zero-order valence-corrected chi connectivity index (χ0v) is 15.2. The van der Waals surface area contributed by atoms with E-state index in [0.29, 0.717) is 0 Å². The van der Waals surface area contributed by atoms with E-state index in [2.05, 4.69) is 35.7 Å². The van der Waals surface area contributed by atoms with Crippen LogP contribution in [0.1, 0.15) is 11.1 Å². The number of rotatable bonds is 4. The average Bonchev–Trinajstić information content (AvgIpc) is 3.02. The summed E-state index contributed by atoms with van der Waals surface area (Å²) in [5.74, 6) is 0. The first-order valence-electron chi connectivity index (χ1n) is 9.26. The number of quaternary nitrogens is 1. The minimum Gasteiger partial charge on any atom is -0.377 e. The average molecular weight is 348 g/mol. The fourth-order valence-electron chi connectivity index (χ4n) is 3.71. The molecule has 0 bridgehead atoms. The van der Waals surface area contributed by atoms with Gasteiger partial charge in [-0.2, -0.15) is 0 Å². The van der Waals surface area contributed by atoms with Crippen LogP contribution in [0.15, 0.2) is 78.5 Å². The molecule has 1 saturated heterocycles. The van der Waals surface area contributed by atoms with Crippen molar-refractivity contribution in [2.24, 2.45) is 0 Å². The molecule has 4 nitrogen and oxygen atoms in total. The molecule has 1 atom stereocenters. The Hall–Kier alpha value is -2.40. The number of likely N-dealkylation sites (N-methyl/N-ethyl adjacent to an activating group) is 1. The first-order valence-corrected chi connectivity index (χ1v) is 9.26. The van der Waals surface area contributed by atoms with Crippen molar-refractivity contribution in [3.8, 4) is 0 Å². The lowest BCUT2D eigenvalue weighted by atomic mass is 9.85. The molecular weight excluding hydrogens is 322 g/mol. The number of allylic oxidation sites excluding steroid dienone is 1. The van der Waals surface area contributed by atoms with Crippen molar-refractivity contribution in [1.29, 1.82) is 0 Å². The summed E-state index contributed by atoms with van der Waals surface area (Å²) in [6.07, 6.45) is 4.02. The van der Waals surface area contributed by atoms with E-state index in [4.69, 9.17) is 0 Å². The molecule has 0 amide bonds. The highest BCUT2D eigenvalue weighted by Gasteiger charge is 2.37. The molecule has 1 aliphatic heterocycles. The van der Waals surface area contributed by atoms with Crippen LogP contribution in [0.4, 0.5) is 0 Å². The molecule has 1 fully saturated rings. The Morgan fingerprint density at radius 3 is 2.23 bits per heavy atom. The second-order valence-corrected chi connectivity index (χ2v) is 7.21. The van der Waals surface area contributed by atoms with Gasteiger partial charge in [0.25, 0.3) is 0 Å². The van der Waals surface area contributed by atoms with Crippen molar-refractivity contribution in [3.05, 3.63) is 89.6 Å². The molecule has 1 aliphatic carbocycles. The van der Waals surface area contributed by atoms with Gasteiger partial charge in [0.2, 0.25) is 0 Å². The number of benzene rings is 2. The summed E-state index contributed by atoms with van der Waals surface area (Å²) in [7, 11) is 2.23. The summed E-state index contributed by atoms with van der Waals surface area (Å²) in [5.41, 5.74) is 6.17. The lowest BCUT2D eigenvalue weighted by Crippen LogP contribution is -3.12. The number of nitrogens with zero attached hydrogens (tertiary/aromatic N) is 1. The van der Waals surface area contributed by atoms with Crippen molar-refractivity contribution in [1.82, 2.24) is 10.4 Å². The van der Waals surface area contributed by atoms with E-state index in [9.17, 15) is 5.11 Å². The highest BCUT2D eigenvalue weighted by atomic mass is 16.3. The van der Waals surface area contributed by atoms with Crippen LogP contribution >= 0.6 is 0 Å².